The van der Waals surface area contributed by atoms with Gasteiger partial charge in [-0.15, -0.1) is 0 Å². The summed E-state index contributed by atoms with van der Waals surface area (Å²) in [4.78, 5) is 15.0. The van der Waals surface area contributed by atoms with E-state index in [0.29, 0.717) is 5.69 Å². The molecule has 1 fully saturated rings. The number of carbonyl (C=O) groups is 1. The highest BCUT2D eigenvalue weighted by Gasteiger charge is 2.31. The molecule has 0 atom stereocenters. The van der Waals surface area contributed by atoms with Crippen LogP contribution in [0.5, 0.6) is 0 Å². The number of carboxylic acids is 1. The van der Waals surface area contributed by atoms with Gasteiger partial charge < -0.3 is 10.4 Å². The van der Waals surface area contributed by atoms with Crippen molar-refractivity contribution in [3.05, 3.63) is 24.0 Å². The van der Waals surface area contributed by atoms with Gasteiger partial charge in [0.05, 0.1) is 5.69 Å². The fourth-order valence-electron chi connectivity index (χ4n) is 2.62. The number of aromatic nitrogens is 1. The predicted molar refractivity (Wildman–Crippen MR) is 79.0 cm³/mol. The van der Waals surface area contributed by atoms with Gasteiger partial charge in [0.15, 0.2) is 5.69 Å². The van der Waals surface area contributed by atoms with Gasteiger partial charge >= 0.3 is 5.97 Å². The second kappa shape index (κ2) is 6.28. The lowest BCUT2D eigenvalue weighted by Crippen LogP contribution is -2.35. The fourth-order valence-corrected chi connectivity index (χ4v) is 3.54. The average molecular weight is 280 g/mol. The Balaban J connectivity index is 2.07. The molecule has 0 bridgehead atoms. The van der Waals surface area contributed by atoms with Crippen LogP contribution in [0.4, 0.5) is 5.69 Å². The Morgan fingerprint density at radius 3 is 2.84 bits per heavy atom. The third-order valence-electron chi connectivity index (χ3n) is 3.81. The smallest absolute Gasteiger partial charge is 0.356 e. The van der Waals surface area contributed by atoms with Crippen LogP contribution in [-0.2, 0) is 0 Å². The molecule has 104 valence electrons. The summed E-state index contributed by atoms with van der Waals surface area (Å²) in [7, 11) is 0. The van der Waals surface area contributed by atoms with E-state index in [0.717, 1.165) is 6.54 Å². The first kappa shape index (κ1) is 14.2. The van der Waals surface area contributed by atoms with Gasteiger partial charge in [0.1, 0.15) is 0 Å². The van der Waals surface area contributed by atoms with Crippen LogP contribution in [0.1, 0.15) is 42.6 Å². The molecule has 0 aromatic carbocycles. The third kappa shape index (κ3) is 3.41. The lowest BCUT2D eigenvalue weighted by Gasteiger charge is -2.36. The fraction of sp³-hybridized carbons (Fsp3) is 0.571. The average Bonchev–Trinajstić information content (AvgIpc) is 2.46. The molecule has 0 amide bonds. The Hall–Kier alpha value is -1.23. The van der Waals surface area contributed by atoms with Crippen molar-refractivity contribution in [1.82, 2.24) is 4.98 Å². The van der Waals surface area contributed by atoms with E-state index in [9.17, 15) is 4.79 Å². The topological polar surface area (TPSA) is 62.2 Å². The largest absolute Gasteiger partial charge is 0.476 e. The molecule has 1 aliphatic rings. The van der Waals surface area contributed by atoms with Crippen LogP contribution in [-0.4, -0.2) is 33.6 Å². The number of anilines is 1. The zero-order chi connectivity index (χ0) is 13.7. The van der Waals surface area contributed by atoms with Gasteiger partial charge in [-0.3, -0.25) is 0 Å². The molecule has 2 N–H and O–H groups in total. The molecule has 1 aromatic heterocycles. The lowest BCUT2D eigenvalue weighted by atomic mass is 9.88. The van der Waals surface area contributed by atoms with Crippen LogP contribution in [0, 0.1) is 0 Å². The van der Waals surface area contributed by atoms with Crippen molar-refractivity contribution in [1.29, 1.82) is 0 Å². The first-order valence-corrected chi connectivity index (χ1v) is 7.87. The second-order valence-corrected chi connectivity index (χ2v) is 6.28. The zero-order valence-corrected chi connectivity index (χ0v) is 12.0. The van der Waals surface area contributed by atoms with Crippen molar-refractivity contribution in [2.45, 2.75) is 36.9 Å². The first-order chi connectivity index (χ1) is 9.17. The minimum atomic E-state index is -0.982. The molecule has 1 aliphatic carbocycles. The molecule has 0 radical (unpaired) electrons. The first-order valence-electron chi connectivity index (χ1n) is 6.64. The number of aromatic carboxylic acids is 1. The number of rotatable bonds is 5. The Kier molecular flexibility index (Phi) is 4.69. The minimum Gasteiger partial charge on any atom is -0.476 e. The summed E-state index contributed by atoms with van der Waals surface area (Å²) in [6, 6.07) is 3.55. The maximum atomic E-state index is 11.1. The Bertz CT molecular complexity index is 445. The molecule has 1 saturated carbocycles. The Labute approximate surface area is 118 Å². The van der Waals surface area contributed by atoms with Crippen LogP contribution in [0.25, 0.3) is 0 Å². The summed E-state index contributed by atoms with van der Waals surface area (Å²) >= 11 is 1.90. The third-order valence-corrected chi connectivity index (χ3v) is 5.23. The molecule has 0 saturated heterocycles. The monoisotopic (exact) mass is 280 g/mol. The van der Waals surface area contributed by atoms with Crippen LogP contribution in [0.15, 0.2) is 18.3 Å². The van der Waals surface area contributed by atoms with E-state index in [1.807, 2.05) is 11.8 Å². The number of thioether (sulfide) groups is 1. The molecule has 1 heterocycles. The normalized spacial score (nSPS) is 17.9. The number of carboxylic acid groups (broad SMARTS) is 1. The van der Waals surface area contributed by atoms with Crippen molar-refractivity contribution in [3.8, 4) is 0 Å². The summed E-state index contributed by atoms with van der Waals surface area (Å²) in [5, 5.41) is 12.4. The van der Waals surface area contributed by atoms with E-state index in [-0.39, 0.29) is 10.4 Å². The van der Waals surface area contributed by atoms with E-state index in [2.05, 4.69) is 16.6 Å². The second-order valence-electron chi connectivity index (χ2n) is 5.01. The molecule has 0 aliphatic heterocycles. The van der Waals surface area contributed by atoms with Gasteiger partial charge in [-0.1, -0.05) is 19.3 Å². The Morgan fingerprint density at radius 2 is 2.21 bits per heavy atom. The molecule has 5 heteroatoms. The van der Waals surface area contributed by atoms with E-state index in [4.69, 9.17) is 5.11 Å². The van der Waals surface area contributed by atoms with E-state index in [1.54, 1.807) is 12.1 Å². The van der Waals surface area contributed by atoms with Gasteiger partial charge in [-0.05, 0) is 31.2 Å². The number of pyridine rings is 1. The van der Waals surface area contributed by atoms with Crippen LogP contribution >= 0.6 is 11.8 Å². The number of nitrogens with one attached hydrogen (secondary N) is 1. The zero-order valence-electron chi connectivity index (χ0n) is 11.2. The molecule has 0 unspecified atom stereocenters. The van der Waals surface area contributed by atoms with Crippen molar-refractivity contribution in [3.63, 3.8) is 0 Å². The van der Waals surface area contributed by atoms with Gasteiger partial charge in [0, 0.05) is 17.5 Å². The maximum Gasteiger partial charge on any atom is 0.356 e. The highest BCUT2D eigenvalue weighted by Crippen LogP contribution is 2.38. The maximum absolute atomic E-state index is 11.1. The molecular weight excluding hydrogens is 260 g/mol. The van der Waals surface area contributed by atoms with Gasteiger partial charge in [-0.25, -0.2) is 9.78 Å². The van der Waals surface area contributed by atoms with Crippen molar-refractivity contribution in [2.24, 2.45) is 0 Å². The van der Waals surface area contributed by atoms with Crippen LogP contribution in [0.3, 0.4) is 0 Å². The van der Waals surface area contributed by atoms with Gasteiger partial charge in [0.25, 0.3) is 0 Å². The highest BCUT2D eigenvalue weighted by atomic mass is 32.2. The minimum absolute atomic E-state index is 0.106. The molecule has 0 spiro atoms. The quantitative estimate of drug-likeness (QED) is 0.867. The van der Waals surface area contributed by atoms with Crippen LogP contribution in [0.2, 0.25) is 0 Å². The van der Waals surface area contributed by atoms with Crippen molar-refractivity contribution < 1.29 is 9.90 Å². The summed E-state index contributed by atoms with van der Waals surface area (Å²) in [5.41, 5.74) is 0.726. The van der Waals surface area contributed by atoms with Crippen LogP contribution < -0.4 is 5.32 Å². The molecule has 1 aromatic rings. The molecule has 19 heavy (non-hydrogen) atoms. The molecule has 2 rings (SSSR count). The summed E-state index contributed by atoms with van der Waals surface area (Å²) in [6.07, 6.45) is 9.90. The molecule has 4 nitrogen and oxygen atoms in total. The number of hydrogen-bond acceptors (Lipinski definition) is 4. The van der Waals surface area contributed by atoms with E-state index < -0.39 is 5.97 Å². The Morgan fingerprint density at radius 1 is 1.47 bits per heavy atom. The SMILES string of the molecule is CSC1(CNc2cccnc2C(=O)O)CCCCC1. The lowest BCUT2D eigenvalue weighted by molar-refractivity contribution is 0.0691. The summed E-state index contributed by atoms with van der Waals surface area (Å²) < 4.78 is 0.240. The summed E-state index contributed by atoms with van der Waals surface area (Å²) in [6.45, 7) is 0.806. The van der Waals surface area contributed by atoms with Gasteiger partial charge in [-0.2, -0.15) is 11.8 Å². The van der Waals surface area contributed by atoms with E-state index >= 15 is 0 Å². The predicted octanol–water partition coefficient (Wildman–Crippen LogP) is 3.26. The summed E-state index contributed by atoms with van der Waals surface area (Å²) in [5.74, 6) is -0.982. The molecular formula is C14H20N2O2S. The highest BCUT2D eigenvalue weighted by molar-refractivity contribution is 8.00. The van der Waals surface area contributed by atoms with Crippen molar-refractivity contribution in [2.75, 3.05) is 18.1 Å². The number of nitrogens with zero attached hydrogens (tertiary/aromatic N) is 1. The van der Waals surface area contributed by atoms with E-state index in [1.165, 1.54) is 38.3 Å². The number of hydrogen-bond donors (Lipinski definition) is 2. The van der Waals surface area contributed by atoms with Crippen molar-refractivity contribution >= 4 is 23.4 Å². The van der Waals surface area contributed by atoms with Gasteiger partial charge in [0.2, 0.25) is 0 Å². The standard InChI is InChI=1S/C14H20N2O2S/c1-19-14(7-3-2-4-8-14)10-16-11-6-5-9-15-12(11)13(17)18/h5-6,9,16H,2-4,7-8,10H2,1H3,(H,17,18).